The maximum atomic E-state index is 14.7. The molecule has 1 aliphatic rings. The molecule has 0 saturated carbocycles. The van der Waals surface area contributed by atoms with Gasteiger partial charge in [0.2, 0.25) is 0 Å². The van der Waals surface area contributed by atoms with Crippen molar-refractivity contribution in [2.24, 2.45) is 0 Å². The number of halogens is 5. The number of nitrogens with one attached hydrogen (secondary N) is 1. The first-order valence-electron chi connectivity index (χ1n) is 9.46. The number of rotatable bonds is 8. The zero-order valence-corrected chi connectivity index (χ0v) is 19.5. The molecule has 0 aromatic carbocycles. The summed E-state index contributed by atoms with van der Waals surface area (Å²) in [5.74, 6) is 2.86. The van der Waals surface area contributed by atoms with Crippen molar-refractivity contribution in [1.82, 2.24) is 5.32 Å². The average Bonchev–Trinajstić information content (AvgIpc) is 2.90. The third-order valence-electron chi connectivity index (χ3n) is 5.17. The Hall–Kier alpha value is -0.798. The Morgan fingerprint density at radius 1 is 1.27 bits per heavy atom. The second-order valence-electron chi connectivity index (χ2n) is 8.37. The molecular weight excluding hydrogens is 445 g/mol. The average molecular weight is 473 g/mol. The van der Waals surface area contributed by atoms with E-state index >= 15 is 0 Å². The van der Waals surface area contributed by atoms with Crippen molar-refractivity contribution in [2.75, 3.05) is 19.2 Å². The number of alkyl halides is 5. The van der Waals surface area contributed by atoms with Crippen LogP contribution in [0.3, 0.4) is 0 Å². The van der Waals surface area contributed by atoms with E-state index < -0.39 is 51.3 Å². The summed E-state index contributed by atoms with van der Waals surface area (Å²) >= 11 is 5.62. The molecule has 1 fully saturated rings. The molecule has 1 aliphatic heterocycles. The monoisotopic (exact) mass is 472 g/mol. The second-order valence-corrected chi connectivity index (χ2v) is 13.4. The van der Waals surface area contributed by atoms with Crippen molar-refractivity contribution < 1.29 is 36.3 Å². The first-order valence-corrected chi connectivity index (χ1v) is 12.9. The van der Waals surface area contributed by atoms with E-state index in [2.05, 4.69) is 45.7 Å². The van der Waals surface area contributed by atoms with Crippen molar-refractivity contribution in [1.29, 1.82) is 0 Å². The molecule has 30 heavy (non-hydrogen) atoms. The molecule has 1 heterocycles. The Bertz CT molecular complexity index is 636. The minimum absolute atomic E-state index is 0.0216. The predicted molar refractivity (Wildman–Crippen MR) is 110 cm³/mol. The third kappa shape index (κ3) is 8.04. The molecule has 1 saturated heterocycles. The van der Waals surface area contributed by atoms with Crippen LogP contribution < -0.4 is 5.32 Å². The number of amides is 1. The van der Waals surface area contributed by atoms with Crippen LogP contribution in [-0.2, 0) is 18.7 Å². The van der Waals surface area contributed by atoms with Crippen molar-refractivity contribution >= 4 is 33.1 Å². The normalized spacial score (nSPS) is 24.9. The molecule has 1 amide bonds. The zero-order chi connectivity index (χ0) is 23.2. The van der Waals surface area contributed by atoms with Crippen LogP contribution in [0.5, 0.6) is 0 Å². The molecule has 171 valence electrons. The Morgan fingerprint density at radius 2 is 1.90 bits per heavy atom. The van der Waals surface area contributed by atoms with Gasteiger partial charge in [-0.2, -0.15) is 13.2 Å². The summed E-state index contributed by atoms with van der Waals surface area (Å²) in [4.78, 5) is 10.7. The number of carbonyl (C=O) groups is 1. The number of hydrogen-bond acceptors (Lipinski definition) is 4. The van der Waals surface area contributed by atoms with E-state index in [1.165, 1.54) is 7.28 Å². The van der Waals surface area contributed by atoms with Crippen molar-refractivity contribution in [3.05, 3.63) is 0 Å². The van der Waals surface area contributed by atoms with E-state index in [9.17, 15) is 22.4 Å². The predicted octanol–water partition coefficient (Wildman–Crippen LogP) is 3.46. The van der Waals surface area contributed by atoms with Gasteiger partial charge in [-0.25, -0.2) is 4.39 Å². The van der Waals surface area contributed by atoms with Crippen LogP contribution in [0.15, 0.2) is 0 Å². The first-order chi connectivity index (χ1) is 13.7. The van der Waals surface area contributed by atoms with Crippen molar-refractivity contribution in [3.8, 4) is 11.8 Å². The fourth-order valence-corrected chi connectivity index (χ4v) is 3.54. The van der Waals surface area contributed by atoms with Gasteiger partial charge >= 0.3 is 12.1 Å². The fraction of sp³-hybridized carbons (Fsp3) is 0.833. The molecule has 0 aromatic heterocycles. The number of hydrogen-bond donors (Lipinski definition) is 1. The van der Waals surface area contributed by atoms with E-state index in [1.807, 2.05) is 0 Å². The van der Waals surface area contributed by atoms with Crippen molar-refractivity contribution in [3.63, 3.8) is 0 Å². The summed E-state index contributed by atoms with van der Waals surface area (Å²) in [6.45, 7) is 10.1. The van der Waals surface area contributed by atoms with E-state index in [-0.39, 0.29) is 24.0 Å². The van der Waals surface area contributed by atoms with Crippen LogP contribution in [0.25, 0.3) is 0 Å². The van der Waals surface area contributed by atoms with Gasteiger partial charge in [0.05, 0.1) is 19.2 Å². The first kappa shape index (κ1) is 27.2. The molecule has 0 spiro atoms. The van der Waals surface area contributed by atoms with Crippen molar-refractivity contribution in [2.45, 2.75) is 75.8 Å². The Morgan fingerprint density at radius 3 is 2.43 bits per heavy atom. The van der Waals surface area contributed by atoms with Crippen LogP contribution in [0, 0.1) is 11.8 Å². The Labute approximate surface area is 181 Å². The highest BCUT2D eigenvalue weighted by molar-refractivity contribution is 6.74. The minimum Gasteiger partial charge on any atom is -0.414 e. The second kappa shape index (κ2) is 11.2. The molecule has 0 bridgehead atoms. The number of carbonyl (C=O) groups excluding carboxylic acids is 1. The van der Waals surface area contributed by atoms with Gasteiger partial charge in [0.15, 0.2) is 15.6 Å². The van der Waals surface area contributed by atoms with Gasteiger partial charge in [0.1, 0.15) is 24.4 Å². The van der Waals surface area contributed by atoms with Crippen LogP contribution in [-0.4, -0.2) is 71.3 Å². The molecule has 5 nitrogen and oxygen atoms in total. The molecule has 0 aliphatic carbocycles. The summed E-state index contributed by atoms with van der Waals surface area (Å²) in [6.07, 6.45) is -7.91. The van der Waals surface area contributed by atoms with E-state index in [0.717, 1.165) is 0 Å². The summed E-state index contributed by atoms with van der Waals surface area (Å²) in [6, 6.07) is -1.11. The maximum Gasteiger partial charge on any atom is 0.471 e. The highest BCUT2D eigenvalue weighted by atomic mass is 35.5. The van der Waals surface area contributed by atoms with Gasteiger partial charge in [-0.1, -0.05) is 38.3 Å². The molecular formula is C18H28BClF4NO4Si. The molecule has 0 aromatic rings. The van der Waals surface area contributed by atoms with E-state index in [0.29, 0.717) is 0 Å². The Balaban J connectivity index is 2.57. The van der Waals surface area contributed by atoms with Gasteiger partial charge in [-0.3, -0.25) is 4.79 Å². The van der Waals surface area contributed by atoms with E-state index in [1.54, 1.807) is 5.32 Å². The SMILES string of the molecule is CC(C)(C)[Si](C)(C)OC[C@H]1O[C@@H]([B]CC#CCNC(=O)C(F)(F)F)C(F)C1OCCl. The summed E-state index contributed by atoms with van der Waals surface area (Å²) in [7, 11) is -0.598. The van der Waals surface area contributed by atoms with Crippen LogP contribution >= 0.6 is 11.6 Å². The zero-order valence-electron chi connectivity index (χ0n) is 17.7. The smallest absolute Gasteiger partial charge is 0.414 e. The van der Waals surface area contributed by atoms with Crippen LogP contribution in [0.4, 0.5) is 17.6 Å². The van der Waals surface area contributed by atoms with Crippen LogP contribution in [0.1, 0.15) is 20.8 Å². The van der Waals surface area contributed by atoms with Gasteiger partial charge in [0.25, 0.3) is 0 Å². The van der Waals surface area contributed by atoms with Crippen LogP contribution in [0.2, 0.25) is 24.5 Å². The van der Waals surface area contributed by atoms with Gasteiger partial charge < -0.3 is 19.2 Å². The fourth-order valence-electron chi connectivity index (χ4n) is 2.38. The molecule has 1 N–H and O–H groups in total. The summed E-state index contributed by atoms with van der Waals surface area (Å²) < 4.78 is 68.1. The van der Waals surface area contributed by atoms with Gasteiger partial charge in [-0.15, -0.1) is 5.92 Å². The standard InChI is InChI=1S/C18H28BClF4NO4Si/c1-17(2,3)30(4,5)28-10-12-14(27-11-20)13(21)15(29-12)19-8-6-7-9-25-16(26)18(22,23)24/h12-15H,8-11H2,1-5H3,(H,25,26)/t12-,13?,14?,15-/m1/s1. The Kier molecular flexibility index (Phi) is 10.2. The molecule has 4 atom stereocenters. The highest BCUT2D eigenvalue weighted by Gasteiger charge is 2.47. The molecule has 12 heteroatoms. The summed E-state index contributed by atoms with van der Waals surface area (Å²) in [5, 5.41) is 1.61. The lowest BCUT2D eigenvalue weighted by Crippen LogP contribution is -2.44. The number of ether oxygens (including phenoxy) is 2. The highest BCUT2D eigenvalue weighted by Crippen LogP contribution is 2.37. The molecule has 2 unspecified atom stereocenters. The minimum atomic E-state index is -4.95. The molecule has 1 rings (SSSR count). The third-order valence-corrected chi connectivity index (χ3v) is 9.79. The lowest BCUT2D eigenvalue weighted by atomic mass is 9.66. The lowest BCUT2D eigenvalue weighted by molar-refractivity contribution is -0.173. The largest absolute Gasteiger partial charge is 0.471 e. The van der Waals surface area contributed by atoms with Gasteiger partial charge in [0, 0.05) is 0 Å². The van der Waals surface area contributed by atoms with Gasteiger partial charge in [-0.05, 0) is 24.5 Å². The van der Waals surface area contributed by atoms with E-state index in [4.69, 9.17) is 25.5 Å². The topological polar surface area (TPSA) is 56.8 Å². The lowest BCUT2D eigenvalue weighted by Gasteiger charge is -2.37. The maximum absolute atomic E-state index is 14.7. The summed E-state index contributed by atoms with van der Waals surface area (Å²) in [5.41, 5.74) is 0. The quantitative estimate of drug-likeness (QED) is 0.254. The molecule has 1 radical (unpaired) electrons.